The number of rotatable bonds is 7. The van der Waals surface area contributed by atoms with E-state index in [0.717, 1.165) is 11.0 Å². The van der Waals surface area contributed by atoms with E-state index < -0.39 is 30.3 Å². The van der Waals surface area contributed by atoms with Gasteiger partial charge >= 0.3 is 12.5 Å². The van der Waals surface area contributed by atoms with Crippen LogP contribution in [-0.2, 0) is 14.3 Å². The van der Waals surface area contributed by atoms with Crippen molar-refractivity contribution in [1.29, 1.82) is 0 Å². The van der Waals surface area contributed by atoms with Crippen LogP contribution in [0, 0.1) is 5.82 Å². The Bertz CT molecular complexity index is 1170. The molecule has 0 radical (unpaired) electrons. The van der Waals surface area contributed by atoms with Crippen molar-refractivity contribution in [1.82, 2.24) is 5.32 Å². The molecule has 2 saturated heterocycles. The van der Waals surface area contributed by atoms with Gasteiger partial charge in [-0.05, 0) is 42.5 Å². The molecule has 4 rings (SSSR count). The Morgan fingerprint density at radius 1 is 1.11 bits per heavy atom. The molecule has 2 aromatic carbocycles. The monoisotopic (exact) mass is 496 g/mol. The van der Waals surface area contributed by atoms with Gasteiger partial charge in [-0.15, -0.1) is 0 Å². The molecule has 2 aromatic rings. The summed E-state index contributed by atoms with van der Waals surface area (Å²) in [6, 6.07) is 10.4. The summed E-state index contributed by atoms with van der Waals surface area (Å²) in [7, 11) is 0. The summed E-state index contributed by atoms with van der Waals surface area (Å²) in [5.41, 5.74) is 1.18. The van der Waals surface area contributed by atoms with E-state index in [-0.39, 0.29) is 32.7 Å². The highest BCUT2D eigenvalue weighted by molar-refractivity contribution is 5.90. The molecule has 0 saturated carbocycles. The van der Waals surface area contributed by atoms with Crippen LogP contribution in [-0.4, -0.2) is 63.9 Å². The number of carbonyl (C=O) groups excluding carboxylic acids is 2. The molecule has 9 nitrogen and oxygen atoms in total. The van der Waals surface area contributed by atoms with E-state index in [0.29, 0.717) is 37.7 Å². The number of halogens is 3. The first-order chi connectivity index (χ1) is 16.8. The zero-order valence-corrected chi connectivity index (χ0v) is 18.5. The summed E-state index contributed by atoms with van der Waals surface area (Å²) >= 11 is 0. The van der Waals surface area contributed by atoms with Gasteiger partial charge in [0, 0.05) is 21.6 Å². The van der Waals surface area contributed by atoms with Crippen molar-refractivity contribution in [2.75, 3.05) is 54.5 Å². The van der Waals surface area contributed by atoms with Crippen LogP contribution in [0.3, 0.4) is 0 Å². The van der Waals surface area contributed by atoms with Gasteiger partial charge in [-0.1, -0.05) is 0 Å². The standard InChI is InChI=1S/C23H23F3N4O5.2H2/c24-17-11-15(30-13-16(35-23(30)33)12-27-22(32)21(25)26)3-4-18(17)28-14-1-5-19(20(31)6-2-14)29-7-9-34-10-8-29;;/h1-6,11,16,21,28H,7-10,12-13H2,(H,27,32);2*1H/t16-;;/m0../s1. The second-order valence-electron chi connectivity index (χ2n) is 7.92. The fourth-order valence-corrected chi connectivity index (χ4v) is 3.77. The smallest absolute Gasteiger partial charge is 0.414 e. The van der Waals surface area contributed by atoms with Crippen molar-refractivity contribution >= 4 is 34.7 Å². The third-order valence-electron chi connectivity index (χ3n) is 5.56. The predicted molar refractivity (Wildman–Crippen MR) is 126 cm³/mol. The molecule has 2 aliphatic rings. The van der Waals surface area contributed by atoms with Crippen LogP contribution in [0.15, 0.2) is 47.3 Å². The van der Waals surface area contributed by atoms with Gasteiger partial charge in [0.2, 0.25) is 5.43 Å². The molecule has 35 heavy (non-hydrogen) atoms. The lowest BCUT2D eigenvalue weighted by Gasteiger charge is -2.27. The number of alkyl halides is 2. The summed E-state index contributed by atoms with van der Waals surface area (Å²) in [5, 5.41) is 4.91. The van der Waals surface area contributed by atoms with Gasteiger partial charge < -0.3 is 25.0 Å². The van der Waals surface area contributed by atoms with Crippen LogP contribution < -0.4 is 25.9 Å². The number of morpholine rings is 1. The maximum atomic E-state index is 14.8. The average Bonchev–Trinajstić information content (AvgIpc) is 3.12. The van der Waals surface area contributed by atoms with Crippen molar-refractivity contribution < 1.29 is 35.1 Å². The van der Waals surface area contributed by atoms with E-state index >= 15 is 0 Å². The second-order valence-corrected chi connectivity index (χ2v) is 7.92. The number of ether oxygens (including phenoxy) is 2. The average molecular weight is 496 g/mol. The lowest BCUT2D eigenvalue weighted by molar-refractivity contribution is -0.132. The van der Waals surface area contributed by atoms with Gasteiger partial charge in [0.05, 0.1) is 43.4 Å². The molecule has 190 valence electrons. The van der Waals surface area contributed by atoms with Crippen LogP contribution >= 0.6 is 0 Å². The molecule has 0 bridgehead atoms. The lowest BCUT2D eigenvalue weighted by Crippen LogP contribution is -2.38. The zero-order valence-electron chi connectivity index (χ0n) is 18.5. The number of hydrogen-bond acceptors (Lipinski definition) is 7. The number of cyclic esters (lactones) is 1. The SMILES string of the molecule is O=C(NC[C@H]1CN(c2ccc(Nc3ccc(N4CCOCC4)c(=O)cc3)c(F)c2)C(=O)O1)C(F)F.[HH].[HH]. The predicted octanol–water partition coefficient (Wildman–Crippen LogP) is 2.96. The van der Waals surface area contributed by atoms with Crippen molar-refractivity contribution in [3.63, 3.8) is 0 Å². The Kier molecular flexibility index (Phi) is 7.39. The van der Waals surface area contributed by atoms with E-state index in [2.05, 4.69) is 5.32 Å². The van der Waals surface area contributed by atoms with E-state index in [1.54, 1.807) is 18.2 Å². The third-order valence-corrected chi connectivity index (χ3v) is 5.56. The third kappa shape index (κ3) is 5.83. The van der Waals surface area contributed by atoms with Gasteiger partial charge in [-0.2, -0.15) is 8.78 Å². The minimum Gasteiger partial charge on any atom is -0.442 e. The molecular formula is C23H27F3N4O5. The van der Waals surface area contributed by atoms with E-state index in [1.807, 2.05) is 10.2 Å². The first kappa shape index (κ1) is 24.3. The first-order valence-electron chi connectivity index (χ1n) is 10.9. The van der Waals surface area contributed by atoms with Crippen molar-refractivity contribution in [3.8, 4) is 0 Å². The fourth-order valence-electron chi connectivity index (χ4n) is 3.77. The van der Waals surface area contributed by atoms with E-state index in [4.69, 9.17) is 9.47 Å². The Hall–Kier alpha value is -3.80. The zero-order chi connectivity index (χ0) is 24.9. The fraction of sp³-hybridized carbons (Fsp3) is 0.348. The van der Waals surface area contributed by atoms with Crippen LogP contribution in [0.1, 0.15) is 2.85 Å². The van der Waals surface area contributed by atoms with Gasteiger partial charge in [-0.3, -0.25) is 14.5 Å². The highest BCUT2D eigenvalue weighted by atomic mass is 19.3. The number of nitrogens with zero attached hydrogens (tertiary/aromatic N) is 2. The molecule has 2 fully saturated rings. The molecule has 1 atom stereocenters. The highest BCUT2D eigenvalue weighted by Crippen LogP contribution is 2.28. The normalized spacial score (nSPS) is 17.9. The molecule has 0 spiro atoms. The molecule has 2 N–H and O–H groups in total. The molecule has 2 aliphatic heterocycles. The minimum absolute atomic E-state index is 0. The van der Waals surface area contributed by atoms with Crippen molar-refractivity contribution in [3.05, 3.63) is 58.5 Å². The number of anilines is 4. The summed E-state index contributed by atoms with van der Waals surface area (Å²) in [5.74, 6) is -2.12. The van der Waals surface area contributed by atoms with E-state index in [1.165, 1.54) is 18.2 Å². The van der Waals surface area contributed by atoms with Gasteiger partial charge in [-0.25, -0.2) is 9.18 Å². The summed E-state index contributed by atoms with van der Waals surface area (Å²) in [6.45, 7) is 1.96. The van der Waals surface area contributed by atoms with Gasteiger partial charge in [0.1, 0.15) is 11.9 Å². The van der Waals surface area contributed by atoms with Crippen LogP contribution in [0.4, 0.5) is 40.7 Å². The molecular weight excluding hydrogens is 469 g/mol. The Morgan fingerprint density at radius 2 is 1.86 bits per heavy atom. The van der Waals surface area contributed by atoms with Gasteiger partial charge in [0.25, 0.3) is 5.91 Å². The van der Waals surface area contributed by atoms with Crippen molar-refractivity contribution in [2.24, 2.45) is 0 Å². The second kappa shape index (κ2) is 10.6. The molecule has 2 amide bonds. The Balaban J connectivity index is 0.00000241. The topological polar surface area (TPSA) is 100 Å². The van der Waals surface area contributed by atoms with Crippen LogP contribution in [0.5, 0.6) is 0 Å². The Morgan fingerprint density at radius 3 is 2.57 bits per heavy atom. The molecule has 0 unspecified atom stereocenters. The maximum absolute atomic E-state index is 14.8. The summed E-state index contributed by atoms with van der Waals surface area (Å²) in [6.07, 6.45) is -4.80. The number of hydrogen-bond donors (Lipinski definition) is 2. The quantitative estimate of drug-likeness (QED) is 0.608. The summed E-state index contributed by atoms with van der Waals surface area (Å²) in [4.78, 5) is 38.7. The van der Waals surface area contributed by atoms with Crippen LogP contribution in [0.2, 0.25) is 0 Å². The number of carbonyl (C=O) groups is 2. The van der Waals surface area contributed by atoms with E-state index in [9.17, 15) is 27.6 Å². The maximum Gasteiger partial charge on any atom is 0.414 e. The Labute approximate surface area is 201 Å². The highest BCUT2D eigenvalue weighted by Gasteiger charge is 2.33. The largest absolute Gasteiger partial charge is 0.442 e. The molecule has 12 heteroatoms. The molecule has 0 aromatic heterocycles. The molecule has 0 aliphatic carbocycles. The van der Waals surface area contributed by atoms with Crippen LogP contribution in [0.25, 0.3) is 0 Å². The number of nitrogens with one attached hydrogen (secondary N) is 2. The lowest BCUT2D eigenvalue weighted by atomic mass is 10.2. The summed E-state index contributed by atoms with van der Waals surface area (Å²) < 4.78 is 49.8. The minimum atomic E-state index is -3.17. The molecule has 2 heterocycles. The number of benzene rings is 1. The van der Waals surface area contributed by atoms with Gasteiger partial charge in [0.15, 0.2) is 0 Å². The number of amides is 2. The first-order valence-corrected chi connectivity index (χ1v) is 10.9. The van der Waals surface area contributed by atoms with Crippen molar-refractivity contribution in [2.45, 2.75) is 12.5 Å².